The molecule has 0 heterocycles. The monoisotopic (exact) mass is 379 g/mol. The average Bonchev–Trinajstić information content (AvgIpc) is 2.72. The van der Waals surface area contributed by atoms with E-state index in [-0.39, 0.29) is 23.0 Å². The van der Waals surface area contributed by atoms with Crippen LogP contribution in [0.1, 0.15) is 36.8 Å². The Morgan fingerprint density at radius 1 is 1.07 bits per heavy atom. The van der Waals surface area contributed by atoms with E-state index in [1.807, 2.05) is 42.5 Å². The number of ketones is 1. The maximum absolute atomic E-state index is 12.6. The van der Waals surface area contributed by atoms with Crippen molar-refractivity contribution in [3.05, 3.63) is 64.9 Å². The van der Waals surface area contributed by atoms with Crippen LogP contribution in [-0.2, 0) is 11.2 Å². The van der Waals surface area contributed by atoms with Gasteiger partial charge in [0.25, 0.3) is 0 Å². The fraction of sp³-hybridized carbons (Fsp3) is 0.304. The Morgan fingerprint density at radius 2 is 1.79 bits per heavy atom. The fourth-order valence-electron chi connectivity index (χ4n) is 3.36. The molecule has 0 bridgehead atoms. The van der Waals surface area contributed by atoms with Crippen LogP contribution >= 0.6 is 0 Å². The van der Waals surface area contributed by atoms with Gasteiger partial charge in [0.2, 0.25) is 0 Å². The molecule has 1 N–H and O–H groups in total. The van der Waals surface area contributed by atoms with Crippen LogP contribution in [0.25, 0.3) is 0 Å². The number of hydrogen-bond acceptors (Lipinski definition) is 5. The highest BCUT2D eigenvalue weighted by Crippen LogP contribution is 2.37. The van der Waals surface area contributed by atoms with Crippen LogP contribution in [0.15, 0.2) is 58.8 Å². The standard InChI is InChI=1S/C23H25NO4/c1-4-15-5-8-18(9-6-15)24-14-19-20(25)11-17(12-21(19)26)16-7-10-22(27-2)23(13-16)28-3/h5-10,13-14,17,25H,4,11-12H2,1-3H3. The van der Waals surface area contributed by atoms with Crippen molar-refractivity contribution in [1.29, 1.82) is 0 Å². The zero-order valence-corrected chi connectivity index (χ0v) is 16.4. The molecule has 0 amide bonds. The molecule has 0 aromatic heterocycles. The summed E-state index contributed by atoms with van der Waals surface area (Å²) in [7, 11) is 3.16. The number of aliphatic imine (C=N–C) groups is 1. The Kier molecular flexibility index (Phi) is 6.14. The second kappa shape index (κ2) is 8.74. The van der Waals surface area contributed by atoms with E-state index in [1.165, 1.54) is 11.8 Å². The highest BCUT2D eigenvalue weighted by Gasteiger charge is 2.28. The molecule has 0 aliphatic heterocycles. The van der Waals surface area contributed by atoms with E-state index in [0.717, 1.165) is 17.7 Å². The van der Waals surface area contributed by atoms with Crippen LogP contribution in [0.2, 0.25) is 0 Å². The van der Waals surface area contributed by atoms with Gasteiger partial charge in [-0.05, 0) is 47.7 Å². The van der Waals surface area contributed by atoms with Gasteiger partial charge in [0.1, 0.15) is 5.76 Å². The summed E-state index contributed by atoms with van der Waals surface area (Å²) in [5.41, 5.74) is 3.21. The topological polar surface area (TPSA) is 68.1 Å². The quantitative estimate of drug-likeness (QED) is 0.723. The number of benzene rings is 2. The number of nitrogens with zero attached hydrogens (tertiary/aromatic N) is 1. The Balaban J connectivity index is 1.79. The third kappa shape index (κ3) is 4.25. The number of methoxy groups -OCH3 is 2. The summed E-state index contributed by atoms with van der Waals surface area (Å²) in [6.07, 6.45) is 3.14. The van der Waals surface area contributed by atoms with Crippen molar-refractivity contribution in [2.45, 2.75) is 32.1 Å². The highest BCUT2D eigenvalue weighted by atomic mass is 16.5. The summed E-state index contributed by atoms with van der Waals surface area (Å²) in [6, 6.07) is 13.4. The first-order valence-electron chi connectivity index (χ1n) is 9.36. The number of allylic oxidation sites excluding steroid dienone is 2. The highest BCUT2D eigenvalue weighted by molar-refractivity contribution is 6.15. The van der Waals surface area contributed by atoms with Gasteiger partial charge in [-0.2, -0.15) is 0 Å². The molecule has 2 aromatic rings. The van der Waals surface area contributed by atoms with Crippen LogP contribution in [0.5, 0.6) is 11.5 Å². The molecule has 2 aromatic carbocycles. The normalized spacial score (nSPS) is 17.2. The molecule has 0 radical (unpaired) electrons. The second-order valence-corrected chi connectivity index (χ2v) is 6.78. The molecule has 1 aliphatic rings. The first kappa shape index (κ1) is 19.7. The lowest BCUT2D eigenvalue weighted by Gasteiger charge is -2.23. The second-order valence-electron chi connectivity index (χ2n) is 6.78. The molecule has 0 spiro atoms. The predicted molar refractivity (Wildman–Crippen MR) is 110 cm³/mol. The van der Waals surface area contributed by atoms with E-state index in [0.29, 0.717) is 24.3 Å². The van der Waals surface area contributed by atoms with E-state index >= 15 is 0 Å². The first-order chi connectivity index (χ1) is 13.5. The minimum absolute atomic E-state index is 0.0740. The minimum Gasteiger partial charge on any atom is -0.511 e. The number of hydrogen-bond donors (Lipinski definition) is 1. The number of aliphatic hydroxyl groups excluding tert-OH is 1. The van der Waals surface area contributed by atoms with Gasteiger partial charge in [-0.25, -0.2) is 0 Å². The SMILES string of the molecule is CCc1ccc(N=CC2=C(O)CC(c3ccc(OC)c(OC)c3)CC2=O)cc1. The van der Waals surface area contributed by atoms with Gasteiger partial charge in [0.15, 0.2) is 17.3 Å². The van der Waals surface area contributed by atoms with Gasteiger partial charge in [-0.15, -0.1) is 0 Å². The molecule has 146 valence electrons. The van der Waals surface area contributed by atoms with Gasteiger partial charge in [-0.3, -0.25) is 9.79 Å². The molecule has 3 rings (SSSR count). The van der Waals surface area contributed by atoms with E-state index in [2.05, 4.69) is 11.9 Å². The van der Waals surface area contributed by atoms with E-state index < -0.39 is 0 Å². The summed E-state index contributed by atoms with van der Waals surface area (Å²) < 4.78 is 10.6. The van der Waals surface area contributed by atoms with Crippen LogP contribution in [0.4, 0.5) is 5.69 Å². The molecule has 1 atom stereocenters. The van der Waals surface area contributed by atoms with Crippen LogP contribution in [0, 0.1) is 0 Å². The van der Waals surface area contributed by atoms with Crippen molar-refractivity contribution in [2.75, 3.05) is 14.2 Å². The van der Waals surface area contributed by atoms with Crippen molar-refractivity contribution >= 4 is 17.7 Å². The molecular weight excluding hydrogens is 354 g/mol. The maximum Gasteiger partial charge on any atom is 0.168 e. The molecule has 1 unspecified atom stereocenters. The first-order valence-corrected chi connectivity index (χ1v) is 9.36. The fourth-order valence-corrected chi connectivity index (χ4v) is 3.36. The molecular formula is C23H25NO4. The van der Waals surface area contributed by atoms with E-state index in [4.69, 9.17) is 9.47 Å². The zero-order chi connectivity index (χ0) is 20.1. The van der Waals surface area contributed by atoms with E-state index in [1.54, 1.807) is 14.2 Å². The van der Waals surface area contributed by atoms with Crippen molar-refractivity contribution in [3.63, 3.8) is 0 Å². The van der Waals surface area contributed by atoms with Gasteiger partial charge in [0, 0.05) is 19.1 Å². The Morgan fingerprint density at radius 3 is 2.39 bits per heavy atom. The lowest BCUT2D eigenvalue weighted by atomic mass is 9.83. The maximum atomic E-state index is 12.6. The van der Waals surface area contributed by atoms with Crippen molar-refractivity contribution in [3.8, 4) is 11.5 Å². The smallest absolute Gasteiger partial charge is 0.168 e. The number of carbonyl (C=O) groups excluding carboxylic acids is 1. The molecule has 5 heteroatoms. The van der Waals surface area contributed by atoms with Crippen LogP contribution < -0.4 is 9.47 Å². The molecule has 0 fully saturated rings. The average molecular weight is 379 g/mol. The number of rotatable bonds is 6. The van der Waals surface area contributed by atoms with Crippen LogP contribution in [0.3, 0.4) is 0 Å². The summed E-state index contributed by atoms with van der Waals surface area (Å²) in [6.45, 7) is 2.09. The van der Waals surface area contributed by atoms with Crippen molar-refractivity contribution in [1.82, 2.24) is 0 Å². The third-order valence-electron chi connectivity index (χ3n) is 5.05. The Hall–Kier alpha value is -3.08. The van der Waals surface area contributed by atoms with Crippen molar-refractivity contribution < 1.29 is 19.4 Å². The zero-order valence-electron chi connectivity index (χ0n) is 16.4. The van der Waals surface area contributed by atoms with Crippen molar-refractivity contribution in [2.24, 2.45) is 4.99 Å². The Bertz CT molecular complexity index is 913. The summed E-state index contributed by atoms with van der Waals surface area (Å²) >= 11 is 0. The van der Waals surface area contributed by atoms with Gasteiger partial charge >= 0.3 is 0 Å². The summed E-state index contributed by atoms with van der Waals surface area (Å²) in [5, 5.41) is 10.5. The molecule has 0 saturated carbocycles. The number of Topliss-reactive ketones (excluding diaryl/α,β-unsaturated/α-hetero) is 1. The summed E-state index contributed by atoms with van der Waals surface area (Å²) in [4.78, 5) is 17.0. The molecule has 0 saturated heterocycles. The minimum atomic E-state index is -0.113. The number of ether oxygens (including phenoxy) is 2. The molecule has 1 aliphatic carbocycles. The Labute approximate surface area is 165 Å². The molecule has 28 heavy (non-hydrogen) atoms. The number of carbonyl (C=O) groups is 1. The molecule has 5 nitrogen and oxygen atoms in total. The van der Waals surface area contributed by atoms with E-state index in [9.17, 15) is 9.90 Å². The van der Waals surface area contributed by atoms with Gasteiger partial charge in [-0.1, -0.05) is 25.1 Å². The predicted octanol–water partition coefficient (Wildman–Crippen LogP) is 4.93. The summed E-state index contributed by atoms with van der Waals surface area (Å²) in [5.74, 6) is 1.10. The number of aliphatic hydroxyl groups is 1. The lowest BCUT2D eigenvalue weighted by Crippen LogP contribution is -2.19. The van der Waals surface area contributed by atoms with Crippen LogP contribution in [-0.4, -0.2) is 31.3 Å². The van der Waals surface area contributed by atoms with Gasteiger partial charge in [0.05, 0.1) is 25.5 Å². The number of aryl methyl sites for hydroxylation is 1. The lowest BCUT2D eigenvalue weighted by molar-refractivity contribution is -0.116. The third-order valence-corrected chi connectivity index (χ3v) is 5.05. The largest absolute Gasteiger partial charge is 0.511 e. The van der Waals surface area contributed by atoms with Gasteiger partial charge < -0.3 is 14.6 Å².